The standard InChI is InChI=1S/C6F5.BrH.Tl/c7-2-1-3(8)5(10)6(11)4(2)9;;/h;1H;/q;;+1/p-1. The molecule has 0 aliphatic carbocycles. The Labute approximate surface area is 87.6 Å². The molecule has 0 saturated carbocycles. The summed E-state index contributed by atoms with van der Waals surface area (Å²) in [5, 5.41) is 0. The van der Waals surface area contributed by atoms with E-state index in [0.29, 0.717) is 0 Å². The van der Waals surface area contributed by atoms with E-state index in [0.717, 1.165) is 0 Å². The van der Waals surface area contributed by atoms with E-state index in [-0.39, 0.29) is 0 Å². The Morgan fingerprint density at radius 1 is 0.692 bits per heavy atom. The van der Waals surface area contributed by atoms with Gasteiger partial charge in [0.15, 0.2) is 0 Å². The zero-order valence-electron chi connectivity index (χ0n) is 5.85. The number of hydrogen-bond acceptors (Lipinski definition) is 0. The molecule has 0 unspecified atom stereocenters. The van der Waals surface area contributed by atoms with Gasteiger partial charge in [-0.05, 0) is 0 Å². The molecule has 7 heteroatoms. The second kappa shape index (κ2) is 4.20. The zero-order chi connectivity index (χ0) is 10.2. The van der Waals surface area contributed by atoms with Crippen LogP contribution in [0.1, 0.15) is 0 Å². The van der Waals surface area contributed by atoms with E-state index in [9.17, 15) is 22.0 Å². The molecular weight excluding hydrogens is 451 g/mol. The average molecular weight is 451 g/mol. The van der Waals surface area contributed by atoms with Crippen LogP contribution < -0.4 is 3.12 Å². The number of benzene rings is 1. The molecule has 0 nitrogen and oxygen atoms in total. The Kier molecular flexibility index (Phi) is 3.66. The maximum absolute atomic E-state index is 12.7. The summed E-state index contributed by atoms with van der Waals surface area (Å²) in [6, 6.07) is 0. The fourth-order valence-electron chi connectivity index (χ4n) is 0.718. The third kappa shape index (κ3) is 1.88. The Morgan fingerprint density at radius 3 is 1.31 bits per heavy atom. The van der Waals surface area contributed by atoms with E-state index >= 15 is 0 Å². The normalized spacial score (nSPS) is 10.0. The van der Waals surface area contributed by atoms with Crippen LogP contribution >= 0.6 is 12.0 Å². The van der Waals surface area contributed by atoms with E-state index < -0.39 is 54.0 Å². The summed E-state index contributed by atoms with van der Waals surface area (Å²) in [4.78, 5) is 0. The molecule has 13 heavy (non-hydrogen) atoms. The van der Waals surface area contributed by atoms with Crippen LogP contribution in [0.2, 0.25) is 0 Å². The summed E-state index contributed by atoms with van der Waals surface area (Å²) < 4.78 is 62.0. The molecule has 0 aliphatic rings. The zero-order valence-corrected chi connectivity index (χ0v) is 11.9. The summed E-state index contributed by atoms with van der Waals surface area (Å²) in [7, 11) is 0. The van der Waals surface area contributed by atoms with Gasteiger partial charge in [-0.2, -0.15) is 0 Å². The molecule has 1 rings (SSSR count). The van der Waals surface area contributed by atoms with E-state index in [4.69, 9.17) is 0 Å². The van der Waals surface area contributed by atoms with Gasteiger partial charge in [0, 0.05) is 0 Å². The molecule has 0 saturated heterocycles. The average Bonchev–Trinajstić information content (AvgIpc) is 2.13. The van der Waals surface area contributed by atoms with E-state index in [1.807, 2.05) is 0 Å². The monoisotopic (exact) mass is 451 g/mol. The van der Waals surface area contributed by atoms with E-state index in [2.05, 4.69) is 12.0 Å². The van der Waals surface area contributed by atoms with Crippen LogP contribution in [0, 0.1) is 29.1 Å². The van der Waals surface area contributed by atoms with Crippen molar-refractivity contribution < 1.29 is 22.0 Å². The summed E-state index contributed by atoms with van der Waals surface area (Å²) in [5.74, 6) is -9.26. The predicted octanol–water partition coefficient (Wildman–Crippen LogP) is 2.02. The van der Waals surface area contributed by atoms with Gasteiger partial charge in [0.1, 0.15) is 0 Å². The Morgan fingerprint density at radius 2 is 1.00 bits per heavy atom. The minimum absolute atomic E-state index is 0.656. The van der Waals surface area contributed by atoms with Crippen molar-refractivity contribution in [1.29, 1.82) is 0 Å². The van der Waals surface area contributed by atoms with E-state index in [1.54, 1.807) is 0 Å². The second-order valence-corrected chi connectivity index (χ2v) is 9.20. The van der Waals surface area contributed by atoms with Crippen molar-refractivity contribution >= 4 is 36.9 Å². The fourth-order valence-corrected chi connectivity index (χ4v) is 5.97. The van der Waals surface area contributed by atoms with Gasteiger partial charge >= 0.3 is 88.0 Å². The minimum atomic E-state index is -2.20. The molecule has 1 aromatic carbocycles. The van der Waals surface area contributed by atoms with Crippen molar-refractivity contribution in [2.24, 2.45) is 0 Å². The third-order valence-corrected chi connectivity index (χ3v) is 8.19. The Hall–Kier alpha value is 0.272. The van der Waals surface area contributed by atoms with Crippen molar-refractivity contribution in [2.45, 2.75) is 0 Å². The predicted molar refractivity (Wildman–Crippen MR) is 40.5 cm³/mol. The second-order valence-electron chi connectivity index (χ2n) is 2.09. The van der Waals surface area contributed by atoms with Gasteiger partial charge in [0.05, 0.1) is 0 Å². The Bertz CT molecular complexity index is 324. The molecule has 0 spiro atoms. The molecule has 0 N–H and O–H groups in total. The fraction of sp³-hybridized carbons (Fsp3) is 0. The summed E-state index contributed by atoms with van der Waals surface area (Å²) in [6.45, 7) is 0. The van der Waals surface area contributed by atoms with Crippen LogP contribution in [-0.4, -0.2) is 21.8 Å². The summed E-state index contributed by atoms with van der Waals surface area (Å²) in [5.41, 5.74) is 0. The molecule has 69 valence electrons. The van der Waals surface area contributed by atoms with Gasteiger partial charge in [-0.1, -0.05) is 0 Å². The van der Waals surface area contributed by atoms with Gasteiger partial charge in [0.2, 0.25) is 0 Å². The molecule has 0 heterocycles. The molecule has 0 atom stereocenters. The number of hydrogen-bond donors (Lipinski definition) is 0. The van der Waals surface area contributed by atoms with Crippen LogP contribution in [0.3, 0.4) is 0 Å². The van der Waals surface area contributed by atoms with Gasteiger partial charge in [-0.15, -0.1) is 0 Å². The molecule has 1 aromatic rings. The molecule has 0 aromatic heterocycles. The molecule has 0 aliphatic heterocycles. The third-order valence-electron chi connectivity index (χ3n) is 1.35. The quantitative estimate of drug-likeness (QED) is 0.265. The maximum atomic E-state index is 12.7. The van der Waals surface area contributed by atoms with Crippen molar-refractivity contribution in [1.82, 2.24) is 0 Å². The first-order valence-electron chi connectivity index (χ1n) is 2.95. The molecule has 0 amide bonds. The van der Waals surface area contributed by atoms with Gasteiger partial charge < -0.3 is 0 Å². The van der Waals surface area contributed by atoms with Gasteiger partial charge in [-0.3, -0.25) is 0 Å². The molecule has 0 radical (unpaired) electrons. The van der Waals surface area contributed by atoms with E-state index in [1.165, 1.54) is 0 Å². The van der Waals surface area contributed by atoms with Gasteiger partial charge in [-0.25, -0.2) is 0 Å². The topological polar surface area (TPSA) is 0 Å². The number of halogens is 6. The molecule has 0 bridgehead atoms. The van der Waals surface area contributed by atoms with Crippen molar-refractivity contribution in [3.05, 3.63) is 29.1 Å². The first-order valence-corrected chi connectivity index (χ1v) is 14.9. The van der Waals surface area contributed by atoms with Crippen LogP contribution in [0.4, 0.5) is 22.0 Å². The van der Waals surface area contributed by atoms with Crippen LogP contribution in [0.5, 0.6) is 0 Å². The van der Waals surface area contributed by atoms with Crippen molar-refractivity contribution in [3.8, 4) is 0 Å². The SMILES string of the molecule is Fc1c(F)c(F)[c]([Tl][Br])c(F)c1F. The van der Waals surface area contributed by atoms with Crippen LogP contribution in [-0.2, 0) is 0 Å². The molecular formula is C6BrF5Tl. The van der Waals surface area contributed by atoms with Crippen LogP contribution in [0.15, 0.2) is 0 Å². The molecule has 0 fully saturated rings. The van der Waals surface area contributed by atoms with Crippen LogP contribution in [0.25, 0.3) is 0 Å². The van der Waals surface area contributed by atoms with Gasteiger partial charge in [0.25, 0.3) is 0 Å². The van der Waals surface area contributed by atoms with Crippen molar-refractivity contribution in [2.75, 3.05) is 0 Å². The first kappa shape index (κ1) is 11.3. The summed E-state index contributed by atoms with van der Waals surface area (Å²) >= 11 is 0.626. The summed E-state index contributed by atoms with van der Waals surface area (Å²) in [6.07, 6.45) is 0. The number of rotatable bonds is 1. The Balaban J connectivity index is 3.56. The first-order chi connectivity index (χ1) is 6.00. The van der Waals surface area contributed by atoms with Crippen molar-refractivity contribution in [3.63, 3.8) is 0 Å².